The molecule has 0 saturated carbocycles. The van der Waals surface area contributed by atoms with Gasteiger partial charge in [0.25, 0.3) is 0 Å². The molecule has 0 bridgehead atoms. The number of para-hydroxylation sites is 1. The fraction of sp³-hybridized carbons (Fsp3) is 0.250. The Labute approximate surface area is 97.4 Å². The van der Waals surface area contributed by atoms with Gasteiger partial charge in [0.2, 0.25) is 0 Å². The summed E-state index contributed by atoms with van der Waals surface area (Å²) in [6.07, 6.45) is 0. The van der Waals surface area contributed by atoms with Crippen LogP contribution in [0.4, 0.5) is 0 Å². The van der Waals surface area contributed by atoms with Gasteiger partial charge in [0, 0.05) is 5.39 Å². The van der Waals surface area contributed by atoms with Gasteiger partial charge in [0.05, 0.1) is 5.75 Å². The van der Waals surface area contributed by atoms with Crippen molar-refractivity contribution < 1.29 is 14.3 Å². The van der Waals surface area contributed by atoms with E-state index < -0.39 is 5.97 Å². The highest BCUT2D eigenvalue weighted by Crippen LogP contribution is 2.28. The maximum atomic E-state index is 11.2. The van der Waals surface area contributed by atoms with Crippen molar-refractivity contribution in [1.29, 1.82) is 0 Å². The van der Waals surface area contributed by atoms with Gasteiger partial charge < -0.3 is 9.52 Å². The molecule has 1 aromatic heterocycles. The molecule has 0 spiro atoms. The van der Waals surface area contributed by atoms with E-state index in [1.807, 2.05) is 19.1 Å². The molecule has 0 aliphatic heterocycles. The maximum Gasteiger partial charge on any atom is 0.339 e. The van der Waals surface area contributed by atoms with Crippen LogP contribution in [0.2, 0.25) is 0 Å². The number of fused-ring (bicyclic) bond motifs is 1. The molecule has 4 heteroatoms. The summed E-state index contributed by atoms with van der Waals surface area (Å²) in [5.74, 6) is 1.18. The predicted octanol–water partition coefficient (Wildman–Crippen LogP) is 3.38. The van der Waals surface area contributed by atoms with Crippen molar-refractivity contribution in [2.75, 3.05) is 5.75 Å². The summed E-state index contributed by atoms with van der Waals surface area (Å²) < 4.78 is 5.56. The minimum Gasteiger partial charge on any atom is -0.478 e. The molecule has 1 N–H and O–H groups in total. The van der Waals surface area contributed by atoms with Gasteiger partial charge in [-0.2, -0.15) is 11.8 Å². The van der Waals surface area contributed by atoms with Gasteiger partial charge in [-0.15, -0.1) is 0 Å². The van der Waals surface area contributed by atoms with Crippen LogP contribution in [0.1, 0.15) is 23.0 Å². The van der Waals surface area contributed by atoms with E-state index in [0.717, 1.165) is 5.75 Å². The van der Waals surface area contributed by atoms with E-state index in [1.54, 1.807) is 23.9 Å². The van der Waals surface area contributed by atoms with E-state index in [2.05, 4.69) is 0 Å². The lowest BCUT2D eigenvalue weighted by molar-refractivity contribution is 0.0697. The molecule has 0 aliphatic rings. The van der Waals surface area contributed by atoms with Crippen molar-refractivity contribution in [3.63, 3.8) is 0 Å². The number of aromatic carboxylic acids is 1. The van der Waals surface area contributed by atoms with Crippen LogP contribution in [0.25, 0.3) is 11.0 Å². The average molecular weight is 236 g/mol. The van der Waals surface area contributed by atoms with Crippen LogP contribution in [0.15, 0.2) is 28.7 Å². The molecule has 0 amide bonds. The Hall–Kier alpha value is -1.42. The zero-order chi connectivity index (χ0) is 11.5. The van der Waals surface area contributed by atoms with Crippen molar-refractivity contribution in [2.24, 2.45) is 0 Å². The van der Waals surface area contributed by atoms with E-state index >= 15 is 0 Å². The number of carboxylic acid groups (broad SMARTS) is 1. The molecule has 0 saturated heterocycles. The molecule has 0 unspecified atom stereocenters. The molecular weight excluding hydrogens is 224 g/mol. The SMILES string of the molecule is CCSCc1oc2ccccc2c1C(=O)O. The Morgan fingerprint density at radius 1 is 1.44 bits per heavy atom. The third-order valence-corrected chi connectivity index (χ3v) is 3.19. The molecule has 0 aliphatic carbocycles. The summed E-state index contributed by atoms with van der Waals surface area (Å²) in [4.78, 5) is 11.2. The fourth-order valence-electron chi connectivity index (χ4n) is 1.63. The van der Waals surface area contributed by atoms with Gasteiger partial charge in [0.15, 0.2) is 0 Å². The third kappa shape index (κ3) is 1.93. The number of hydrogen-bond donors (Lipinski definition) is 1. The number of hydrogen-bond acceptors (Lipinski definition) is 3. The molecule has 1 heterocycles. The zero-order valence-electron chi connectivity index (χ0n) is 8.90. The van der Waals surface area contributed by atoms with Crippen LogP contribution in [0, 0.1) is 0 Å². The topological polar surface area (TPSA) is 50.4 Å². The summed E-state index contributed by atoms with van der Waals surface area (Å²) in [7, 11) is 0. The zero-order valence-corrected chi connectivity index (χ0v) is 9.71. The lowest BCUT2D eigenvalue weighted by atomic mass is 10.1. The second-order valence-electron chi connectivity index (χ2n) is 3.34. The van der Waals surface area contributed by atoms with Crippen molar-refractivity contribution in [1.82, 2.24) is 0 Å². The number of rotatable bonds is 4. The summed E-state index contributed by atoms with van der Waals surface area (Å²) >= 11 is 1.65. The van der Waals surface area contributed by atoms with E-state index in [1.165, 1.54) is 0 Å². The van der Waals surface area contributed by atoms with Crippen molar-refractivity contribution in [3.05, 3.63) is 35.6 Å². The monoisotopic (exact) mass is 236 g/mol. The van der Waals surface area contributed by atoms with E-state index in [9.17, 15) is 9.90 Å². The average Bonchev–Trinajstić information content (AvgIpc) is 2.64. The molecule has 2 aromatic rings. The smallest absolute Gasteiger partial charge is 0.339 e. The number of benzene rings is 1. The molecular formula is C12H12O3S. The highest BCUT2D eigenvalue weighted by molar-refractivity contribution is 7.98. The highest BCUT2D eigenvalue weighted by Gasteiger charge is 2.19. The number of carbonyl (C=O) groups is 1. The van der Waals surface area contributed by atoms with Crippen LogP contribution >= 0.6 is 11.8 Å². The van der Waals surface area contributed by atoms with Gasteiger partial charge in [-0.05, 0) is 11.8 Å². The molecule has 16 heavy (non-hydrogen) atoms. The molecule has 0 radical (unpaired) electrons. The van der Waals surface area contributed by atoms with Gasteiger partial charge >= 0.3 is 5.97 Å². The first kappa shape index (κ1) is 11.1. The first-order valence-corrected chi connectivity index (χ1v) is 6.21. The van der Waals surface area contributed by atoms with E-state index in [4.69, 9.17) is 4.42 Å². The normalized spacial score (nSPS) is 10.8. The largest absolute Gasteiger partial charge is 0.478 e. The lowest BCUT2D eigenvalue weighted by Crippen LogP contribution is -1.98. The maximum absolute atomic E-state index is 11.2. The fourth-order valence-corrected chi connectivity index (χ4v) is 2.22. The van der Waals surface area contributed by atoms with E-state index in [-0.39, 0.29) is 0 Å². The summed E-state index contributed by atoms with van der Waals surface area (Å²) in [6.45, 7) is 2.04. The van der Waals surface area contributed by atoms with Crippen LogP contribution in [-0.4, -0.2) is 16.8 Å². The Balaban J connectivity index is 2.54. The van der Waals surface area contributed by atoms with E-state index in [0.29, 0.717) is 28.0 Å². The molecule has 1 aromatic carbocycles. The Morgan fingerprint density at radius 2 is 2.19 bits per heavy atom. The predicted molar refractivity (Wildman–Crippen MR) is 65.0 cm³/mol. The van der Waals surface area contributed by atoms with Crippen molar-refractivity contribution in [2.45, 2.75) is 12.7 Å². The summed E-state index contributed by atoms with van der Waals surface area (Å²) in [5, 5.41) is 9.86. The van der Waals surface area contributed by atoms with Gasteiger partial charge in [-0.1, -0.05) is 25.1 Å². The molecule has 84 valence electrons. The second-order valence-corrected chi connectivity index (χ2v) is 4.61. The third-order valence-electron chi connectivity index (χ3n) is 2.32. The van der Waals surface area contributed by atoms with Crippen LogP contribution in [0.5, 0.6) is 0 Å². The first-order valence-electron chi connectivity index (χ1n) is 5.05. The minimum absolute atomic E-state index is 0.302. The quantitative estimate of drug-likeness (QED) is 0.884. The van der Waals surface area contributed by atoms with Gasteiger partial charge in [-0.25, -0.2) is 4.79 Å². The Morgan fingerprint density at radius 3 is 2.88 bits per heavy atom. The minimum atomic E-state index is -0.920. The second kappa shape index (κ2) is 4.61. The van der Waals surface area contributed by atoms with Crippen LogP contribution < -0.4 is 0 Å². The highest BCUT2D eigenvalue weighted by atomic mass is 32.2. The number of thioether (sulfide) groups is 1. The summed E-state index contributed by atoms with van der Waals surface area (Å²) in [6, 6.07) is 7.24. The van der Waals surface area contributed by atoms with Crippen molar-refractivity contribution >= 4 is 28.7 Å². The van der Waals surface area contributed by atoms with Crippen LogP contribution in [0.3, 0.4) is 0 Å². The first-order chi connectivity index (χ1) is 7.74. The molecule has 0 atom stereocenters. The number of furan rings is 1. The molecule has 3 nitrogen and oxygen atoms in total. The molecule has 0 fully saturated rings. The number of carboxylic acids is 1. The summed E-state index contributed by atoms with van der Waals surface area (Å²) in [5.41, 5.74) is 0.947. The van der Waals surface area contributed by atoms with Crippen molar-refractivity contribution in [3.8, 4) is 0 Å². The lowest BCUT2D eigenvalue weighted by Gasteiger charge is -1.96. The van der Waals surface area contributed by atoms with Crippen LogP contribution in [-0.2, 0) is 5.75 Å². The van der Waals surface area contributed by atoms with Gasteiger partial charge in [0.1, 0.15) is 16.9 Å². The Kier molecular flexibility index (Phi) is 3.19. The Bertz CT molecular complexity index is 516. The standard InChI is InChI=1S/C12H12O3S/c1-2-16-7-10-11(12(13)14)8-5-3-4-6-9(8)15-10/h3-6H,2,7H2,1H3,(H,13,14). The molecule has 2 rings (SSSR count). The van der Waals surface area contributed by atoms with Gasteiger partial charge in [-0.3, -0.25) is 0 Å².